The van der Waals surface area contributed by atoms with Crippen molar-refractivity contribution in [1.29, 1.82) is 0 Å². The smallest absolute Gasteiger partial charge is 0.318 e. The van der Waals surface area contributed by atoms with Crippen molar-refractivity contribution in [2.75, 3.05) is 0 Å². The summed E-state index contributed by atoms with van der Waals surface area (Å²) in [5.41, 5.74) is -0.528. The molecular weight excluding hydrogens is 300 g/mol. The average molecular weight is 318 g/mol. The van der Waals surface area contributed by atoms with Gasteiger partial charge in [-0.2, -0.15) is 5.10 Å². The summed E-state index contributed by atoms with van der Waals surface area (Å²) < 4.78 is 4.96. The fraction of sp³-hybridized carbons (Fsp3) is 0.500. The van der Waals surface area contributed by atoms with E-state index in [2.05, 4.69) is 10.5 Å². The maximum absolute atomic E-state index is 12.8. The van der Waals surface area contributed by atoms with Gasteiger partial charge < -0.3 is 9.52 Å². The quantitative estimate of drug-likeness (QED) is 0.653. The maximum Gasteiger partial charge on any atom is 0.318 e. The molecule has 2 aliphatic rings. The Kier molecular flexibility index (Phi) is 3.05. The third kappa shape index (κ3) is 1.64. The predicted molar refractivity (Wildman–Crippen MR) is 79.8 cm³/mol. The number of carbonyl (C=O) groups excluding carboxylic acids is 2. The Morgan fingerprint density at radius 1 is 1.30 bits per heavy atom. The lowest BCUT2D eigenvalue weighted by molar-refractivity contribution is -0.158. The Bertz CT molecular complexity index is 734. The van der Waals surface area contributed by atoms with E-state index >= 15 is 0 Å². The van der Waals surface area contributed by atoms with Crippen LogP contribution in [0, 0.1) is 16.2 Å². The van der Waals surface area contributed by atoms with E-state index in [0.717, 1.165) is 0 Å². The van der Waals surface area contributed by atoms with Gasteiger partial charge in [0.15, 0.2) is 11.5 Å². The molecule has 7 nitrogen and oxygen atoms in total. The molecule has 7 heteroatoms. The molecule has 2 fully saturated rings. The molecule has 2 bridgehead atoms. The number of carboxylic acids is 1. The largest absolute Gasteiger partial charge is 0.480 e. The molecule has 1 heterocycles. The zero-order valence-corrected chi connectivity index (χ0v) is 13.2. The van der Waals surface area contributed by atoms with Gasteiger partial charge >= 0.3 is 11.9 Å². The summed E-state index contributed by atoms with van der Waals surface area (Å²) in [6.07, 6.45) is 2.18. The highest BCUT2D eigenvalue weighted by Gasteiger charge is 2.77. The van der Waals surface area contributed by atoms with Gasteiger partial charge in [-0.3, -0.25) is 14.4 Å². The Morgan fingerprint density at radius 2 is 2.00 bits per heavy atom. The number of carboxylic acid groups (broad SMARTS) is 1. The van der Waals surface area contributed by atoms with Crippen molar-refractivity contribution in [3.8, 4) is 0 Å². The first-order chi connectivity index (χ1) is 10.7. The molecule has 2 atom stereocenters. The number of hydrazone groups is 1. The number of nitrogens with zero attached hydrogens (tertiary/aromatic N) is 1. The lowest BCUT2D eigenvalue weighted by Crippen LogP contribution is -2.44. The number of rotatable bonds is 3. The summed E-state index contributed by atoms with van der Waals surface area (Å²) in [7, 11) is 0. The number of aliphatic carboxylic acids is 1. The van der Waals surface area contributed by atoms with Crippen LogP contribution in [-0.2, 0) is 9.59 Å². The minimum atomic E-state index is -1.48. The average Bonchev–Trinajstić information content (AvgIpc) is 3.09. The zero-order chi connectivity index (χ0) is 17.0. The number of ketones is 1. The van der Waals surface area contributed by atoms with Crippen molar-refractivity contribution >= 4 is 23.4 Å². The monoisotopic (exact) mass is 318 g/mol. The van der Waals surface area contributed by atoms with Gasteiger partial charge in [-0.15, -0.1) is 0 Å². The third-order valence-electron chi connectivity index (χ3n) is 5.95. The van der Waals surface area contributed by atoms with E-state index in [1.165, 1.54) is 12.3 Å². The molecule has 23 heavy (non-hydrogen) atoms. The number of fused-ring (bicyclic) bond motifs is 2. The van der Waals surface area contributed by atoms with Gasteiger partial charge in [-0.25, -0.2) is 5.43 Å². The minimum absolute atomic E-state index is 0.0716. The molecule has 3 rings (SSSR count). The predicted octanol–water partition coefficient (Wildman–Crippen LogP) is 1.85. The molecule has 1 aromatic rings. The zero-order valence-electron chi connectivity index (χ0n) is 13.2. The third-order valence-corrected chi connectivity index (χ3v) is 5.95. The SMILES string of the molecule is CC12CCC(C(=O)O)(C(=O)C1=NNC(=O)c1ccco1)C2(C)C. The number of furan rings is 1. The van der Waals surface area contributed by atoms with Crippen molar-refractivity contribution in [2.45, 2.75) is 33.6 Å². The highest BCUT2D eigenvalue weighted by Crippen LogP contribution is 2.69. The minimum Gasteiger partial charge on any atom is -0.480 e. The Hall–Kier alpha value is -2.44. The molecule has 0 saturated heterocycles. The molecule has 122 valence electrons. The second kappa shape index (κ2) is 4.53. The Labute approximate surface area is 132 Å². The van der Waals surface area contributed by atoms with Crippen LogP contribution in [0.25, 0.3) is 0 Å². The molecule has 2 unspecified atom stereocenters. The van der Waals surface area contributed by atoms with Crippen LogP contribution in [0.1, 0.15) is 44.2 Å². The highest BCUT2D eigenvalue weighted by atomic mass is 16.4. The second-order valence-corrected chi connectivity index (χ2v) is 6.88. The number of carbonyl (C=O) groups is 3. The van der Waals surface area contributed by atoms with E-state index in [1.54, 1.807) is 19.9 Å². The van der Waals surface area contributed by atoms with Gasteiger partial charge in [-0.05, 0) is 30.4 Å². The van der Waals surface area contributed by atoms with Crippen LogP contribution in [0.4, 0.5) is 0 Å². The lowest BCUT2D eigenvalue weighted by atomic mass is 9.65. The summed E-state index contributed by atoms with van der Waals surface area (Å²) in [6, 6.07) is 3.04. The summed E-state index contributed by atoms with van der Waals surface area (Å²) in [4.78, 5) is 36.5. The van der Waals surface area contributed by atoms with E-state index in [9.17, 15) is 19.5 Å². The topological polar surface area (TPSA) is 109 Å². The van der Waals surface area contributed by atoms with Crippen molar-refractivity contribution in [1.82, 2.24) is 5.43 Å². The maximum atomic E-state index is 12.8. The van der Waals surface area contributed by atoms with Gasteiger partial charge in [-0.1, -0.05) is 20.8 Å². The number of amides is 1. The van der Waals surface area contributed by atoms with Crippen LogP contribution in [0.5, 0.6) is 0 Å². The number of Topliss-reactive ketones (excluding diaryl/α,β-unsaturated/α-hetero) is 1. The summed E-state index contributed by atoms with van der Waals surface area (Å²) in [6.45, 7) is 5.40. The fourth-order valence-electron chi connectivity index (χ4n) is 4.01. The van der Waals surface area contributed by atoms with E-state index in [4.69, 9.17) is 4.42 Å². The first kappa shape index (κ1) is 15.5. The normalized spacial score (nSPS) is 33.2. The molecule has 2 aliphatic carbocycles. The Balaban J connectivity index is 1.98. The molecule has 2 N–H and O–H groups in total. The van der Waals surface area contributed by atoms with Crippen LogP contribution in [0.2, 0.25) is 0 Å². The van der Waals surface area contributed by atoms with E-state index in [0.29, 0.717) is 6.42 Å². The molecule has 2 saturated carbocycles. The molecule has 0 aliphatic heterocycles. The van der Waals surface area contributed by atoms with Crippen LogP contribution in [0.3, 0.4) is 0 Å². The van der Waals surface area contributed by atoms with E-state index in [1.807, 2.05) is 6.92 Å². The van der Waals surface area contributed by atoms with Crippen molar-refractivity contribution in [3.05, 3.63) is 24.2 Å². The van der Waals surface area contributed by atoms with Crippen LogP contribution < -0.4 is 5.43 Å². The standard InChI is InChI=1S/C16H18N2O5/c1-14(2)15(3)6-7-16(14,13(21)22)11(19)10(15)17-18-12(20)9-5-4-8-23-9/h4-5,8H,6-7H2,1-3H3,(H,18,20)(H,21,22). The molecule has 0 aromatic carbocycles. The first-order valence-corrected chi connectivity index (χ1v) is 7.39. The molecule has 1 amide bonds. The molecule has 1 aromatic heterocycles. The summed E-state index contributed by atoms with van der Waals surface area (Å²) >= 11 is 0. The molecular formula is C16H18N2O5. The van der Waals surface area contributed by atoms with E-state index in [-0.39, 0.29) is 17.9 Å². The summed E-state index contributed by atoms with van der Waals surface area (Å²) in [5, 5.41) is 13.7. The van der Waals surface area contributed by atoms with Crippen molar-refractivity contribution in [3.63, 3.8) is 0 Å². The van der Waals surface area contributed by atoms with Crippen LogP contribution >= 0.6 is 0 Å². The Morgan fingerprint density at radius 3 is 2.52 bits per heavy atom. The molecule has 0 radical (unpaired) electrons. The van der Waals surface area contributed by atoms with Crippen LogP contribution in [-0.4, -0.2) is 28.5 Å². The lowest BCUT2D eigenvalue weighted by Gasteiger charge is -2.36. The van der Waals surface area contributed by atoms with Gasteiger partial charge in [0.25, 0.3) is 0 Å². The van der Waals surface area contributed by atoms with Crippen molar-refractivity contribution in [2.24, 2.45) is 21.3 Å². The van der Waals surface area contributed by atoms with E-state index < -0.39 is 33.9 Å². The van der Waals surface area contributed by atoms with Gasteiger partial charge in [0, 0.05) is 5.41 Å². The van der Waals surface area contributed by atoms with Gasteiger partial charge in [0.05, 0.1) is 6.26 Å². The number of hydrogen-bond donors (Lipinski definition) is 2. The van der Waals surface area contributed by atoms with Gasteiger partial charge in [0.1, 0.15) is 11.1 Å². The first-order valence-electron chi connectivity index (χ1n) is 7.39. The molecule has 0 spiro atoms. The second-order valence-electron chi connectivity index (χ2n) is 6.88. The van der Waals surface area contributed by atoms with Crippen LogP contribution in [0.15, 0.2) is 27.9 Å². The number of nitrogens with one attached hydrogen (secondary N) is 1. The van der Waals surface area contributed by atoms with Gasteiger partial charge in [0.2, 0.25) is 0 Å². The fourth-order valence-corrected chi connectivity index (χ4v) is 4.01. The highest BCUT2D eigenvalue weighted by molar-refractivity contribution is 6.50. The summed E-state index contributed by atoms with van der Waals surface area (Å²) in [5.74, 6) is -2.14. The van der Waals surface area contributed by atoms with Crippen molar-refractivity contribution < 1.29 is 23.9 Å². The number of hydrogen-bond acceptors (Lipinski definition) is 5.